The maximum absolute atomic E-state index is 14.0. The van der Waals surface area contributed by atoms with Crippen molar-refractivity contribution in [3.8, 4) is 5.75 Å². The van der Waals surface area contributed by atoms with Crippen LogP contribution in [-0.2, 0) is 4.79 Å². The standard InChI is InChI=1S/C21H25F3N2O2/c1-4-5-11-28-17-8-6-7-14-9-10-15(12-16(14)17)18(21(22,23)24)26-13-20(2,3)19(27)25-26/h6-10,12,18H,4-5,11,13H2,1-3H3,(H,25,27)/t18-/m0/s1. The first-order valence-corrected chi connectivity index (χ1v) is 9.43. The van der Waals surface area contributed by atoms with E-state index in [0.29, 0.717) is 17.7 Å². The van der Waals surface area contributed by atoms with E-state index in [1.54, 1.807) is 26.0 Å². The van der Waals surface area contributed by atoms with Crippen molar-refractivity contribution in [2.75, 3.05) is 13.2 Å². The minimum Gasteiger partial charge on any atom is -0.493 e. The molecule has 2 aromatic rings. The summed E-state index contributed by atoms with van der Waals surface area (Å²) in [4.78, 5) is 12.0. The van der Waals surface area contributed by atoms with Crippen LogP contribution < -0.4 is 10.2 Å². The minimum absolute atomic E-state index is 0.0251. The summed E-state index contributed by atoms with van der Waals surface area (Å²) in [5.74, 6) is 0.158. The lowest BCUT2D eigenvalue weighted by Gasteiger charge is -2.30. The highest BCUT2D eigenvalue weighted by atomic mass is 19.4. The zero-order valence-corrected chi connectivity index (χ0v) is 16.3. The summed E-state index contributed by atoms with van der Waals surface area (Å²) in [6.07, 6.45) is -2.70. The summed E-state index contributed by atoms with van der Waals surface area (Å²) in [6.45, 7) is 5.80. The minimum atomic E-state index is -4.54. The third-order valence-corrected chi connectivity index (χ3v) is 4.98. The highest BCUT2D eigenvalue weighted by Gasteiger charge is 2.51. The molecular weight excluding hydrogens is 369 g/mol. The predicted molar refractivity (Wildman–Crippen MR) is 102 cm³/mol. The number of ether oxygens (including phenoxy) is 1. The van der Waals surface area contributed by atoms with Gasteiger partial charge in [-0.3, -0.25) is 10.2 Å². The molecule has 1 amide bonds. The molecule has 3 rings (SSSR count). The first-order valence-electron chi connectivity index (χ1n) is 9.43. The Morgan fingerprint density at radius 3 is 2.61 bits per heavy atom. The molecular formula is C21H25F3N2O2. The van der Waals surface area contributed by atoms with E-state index in [-0.39, 0.29) is 12.1 Å². The second kappa shape index (κ2) is 7.62. The van der Waals surface area contributed by atoms with Crippen LogP contribution in [0.2, 0.25) is 0 Å². The quantitative estimate of drug-likeness (QED) is 0.702. The van der Waals surface area contributed by atoms with E-state index in [1.807, 2.05) is 19.1 Å². The first kappa shape index (κ1) is 20.5. The summed E-state index contributed by atoms with van der Waals surface area (Å²) < 4.78 is 47.7. The van der Waals surface area contributed by atoms with Gasteiger partial charge in [-0.2, -0.15) is 13.2 Å². The number of alkyl halides is 3. The van der Waals surface area contributed by atoms with Crippen molar-refractivity contribution in [2.24, 2.45) is 5.41 Å². The van der Waals surface area contributed by atoms with Crippen LogP contribution >= 0.6 is 0 Å². The first-order chi connectivity index (χ1) is 13.1. The van der Waals surface area contributed by atoms with Gasteiger partial charge in [0.25, 0.3) is 0 Å². The highest BCUT2D eigenvalue weighted by molar-refractivity contribution is 5.89. The van der Waals surface area contributed by atoms with Crippen molar-refractivity contribution >= 4 is 16.7 Å². The van der Waals surface area contributed by atoms with Crippen LogP contribution in [0.1, 0.15) is 45.2 Å². The van der Waals surface area contributed by atoms with Gasteiger partial charge in [-0.15, -0.1) is 0 Å². The van der Waals surface area contributed by atoms with Crippen LogP contribution in [0, 0.1) is 5.41 Å². The Kier molecular flexibility index (Phi) is 5.57. The summed E-state index contributed by atoms with van der Waals surface area (Å²) in [6, 6.07) is 8.17. The molecule has 1 atom stereocenters. The fourth-order valence-corrected chi connectivity index (χ4v) is 3.40. The van der Waals surface area contributed by atoms with Crippen molar-refractivity contribution in [3.05, 3.63) is 42.0 Å². The van der Waals surface area contributed by atoms with E-state index in [4.69, 9.17) is 4.74 Å². The summed E-state index contributed by atoms with van der Waals surface area (Å²) in [5.41, 5.74) is 1.59. The van der Waals surface area contributed by atoms with Gasteiger partial charge in [-0.25, -0.2) is 5.01 Å². The van der Waals surface area contributed by atoms with E-state index in [2.05, 4.69) is 5.43 Å². The second-order valence-electron chi connectivity index (χ2n) is 7.84. The number of hydrogen-bond donors (Lipinski definition) is 1. The van der Waals surface area contributed by atoms with Gasteiger partial charge in [-0.1, -0.05) is 37.6 Å². The third-order valence-electron chi connectivity index (χ3n) is 4.98. The molecule has 4 nitrogen and oxygen atoms in total. The molecule has 152 valence electrons. The molecule has 0 spiro atoms. The monoisotopic (exact) mass is 394 g/mol. The number of carbonyl (C=O) groups excluding carboxylic acids is 1. The van der Waals surface area contributed by atoms with Crippen LogP contribution in [0.3, 0.4) is 0 Å². The number of unbranched alkanes of at least 4 members (excludes halogenated alkanes) is 1. The fraction of sp³-hybridized carbons (Fsp3) is 0.476. The largest absolute Gasteiger partial charge is 0.493 e. The normalized spacial score (nSPS) is 18.3. The molecule has 0 unspecified atom stereocenters. The number of nitrogens with one attached hydrogen (secondary N) is 1. The number of hydrogen-bond acceptors (Lipinski definition) is 3. The van der Waals surface area contributed by atoms with E-state index < -0.39 is 23.5 Å². The second-order valence-corrected chi connectivity index (χ2v) is 7.84. The van der Waals surface area contributed by atoms with Crippen molar-refractivity contribution in [3.63, 3.8) is 0 Å². The number of benzene rings is 2. The van der Waals surface area contributed by atoms with Crippen molar-refractivity contribution in [2.45, 2.75) is 45.8 Å². The van der Waals surface area contributed by atoms with Crippen LogP contribution in [0.15, 0.2) is 36.4 Å². The lowest BCUT2D eigenvalue weighted by Crippen LogP contribution is -2.43. The molecule has 1 N–H and O–H groups in total. The summed E-state index contributed by atoms with van der Waals surface area (Å²) in [7, 11) is 0. The Morgan fingerprint density at radius 2 is 2.00 bits per heavy atom. The molecule has 0 bridgehead atoms. The average Bonchev–Trinajstić information content (AvgIpc) is 2.86. The van der Waals surface area contributed by atoms with Crippen LogP contribution in [0.25, 0.3) is 10.8 Å². The number of amides is 1. The van der Waals surface area contributed by atoms with E-state index in [1.165, 1.54) is 12.1 Å². The van der Waals surface area contributed by atoms with Gasteiger partial charge in [0, 0.05) is 11.9 Å². The molecule has 0 aromatic heterocycles. The molecule has 7 heteroatoms. The van der Waals surface area contributed by atoms with Crippen molar-refractivity contribution in [1.29, 1.82) is 0 Å². The molecule has 2 aromatic carbocycles. The summed E-state index contributed by atoms with van der Waals surface area (Å²) in [5, 5.41) is 2.43. The Bertz CT molecular complexity index is 864. The molecule has 0 aliphatic carbocycles. The number of rotatable bonds is 6. The fourth-order valence-electron chi connectivity index (χ4n) is 3.40. The Labute approximate surface area is 162 Å². The van der Waals surface area contributed by atoms with Gasteiger partial charge >= 0.3 is 6.18 Å². The highest BCUT2D eigenvalue weighted by Crippen LogP contribution is 2.42. The number of carbonyl (C=O) groups is 1. The van der Waals surface area contributed by atoms with Gasteiger partial charge in [-0.05, 0) is 43.4 Å². The van der Waals surface area contributed by atoms with Crippen molar-refractivity contribution in [1.82, 2.24) is 10.4 Å². The Morgan fingerprint density at radius 1 is 1.25 bits per heavy atom. The Hall–Kier alpha value is -2.28. The number of halogens is 3. The van der Waals surface area contributed by atoms with Crippen molar-refractivity contribution < 1.29 is 22.7 Å². The molecule has 1 heterocycles. The molecule has 0 saturated carbocycles. The predicted octanol–water partition coefficient (Wildman–Crippen LogP) is 5.00. The van der Waals surface area contributed by atoms with Gasteiger partial charge in [0.2, 0.25) is 5.91 Å². The van der Waals surface area contributed by atoms with Gasteiger partial charge < -0.3 is 4.74 Å². The van der Waals surface area contributed by atoms with E-state index in [0.717, 1.165) is 23.2 Å². The molecule has 28 heavy (non-hydrogen) atoms. The lowest BCUT2D eigenvalue weighted by atomic mass is 9.93. The van der Waals surface area contributed by atoms with E-state index in [9.17, 15) is 18.0 Å². The molecule has 1 aliphatic rings. The maximum Gasteiger partial charge on any atom is 0.409 e. The number of hydrazine groups is 1. The molecule has 1 saturated heterocycles. The zero-order valence-electron chi connectivity index (χ0n) is 16.3. The molecule has 1 fully saturated rings. The van der Waals surface area contributed by atoms with Gasteiger partial charge in [0.05, 0.1) is 12.0 Å². The maximum atomic E-state index is 14.0. The summed E-state index contributed by atoms with van der Waals surface area (Å²) >= 11 is 0. The molecule has 1 aliphatic heterocycles. The van der Waals surface area contributed by atoms with Crippen LogP contribution in [0.5, 0.6) is 5.75 Å². The lowest BCUT2D eigenvalue weighted by molar-refractivity contribution is -0.191. The third kappa shape index (κ3) is 4.09. The smallest absolute Gasteiger partial charge is 0.409 e. The number of fused-ring (bicyclic) bond motifs is 1. The average molecular weight is 394 g/mol. The van der Waals surface area contributed by atoms with Crippen LogP contribution in [-0.4, -0.2) is 30.2 Å². The van der Waals surface area contributed by atoms with E-state index >= 15 is 0 Å². The number of nitrogens with zero attached hydrogens (tertiary/aromatic N) is 1. The van der Waals surface area contributed by atoms with Gasteiger partial charge in [0.15, 0.2) is 0 Å². The van der Waals surface area contributed by atoms with Gasteiger partial charge in [0.1, 0.15) is 11.8 Å². The van der Waals surface area contributed by atoms with Crippen LogP contribution in [0.4, 0.5) is 13.2 Å². The SMILES string of the molecule is CCCCOc1cccc2ccc([C@H](N3CC(C)(C)C(=O)N3)C(F)(F)F)cc12. The zero-order chi connectivity index (χ0) is 20.5. The molecule has 0 radical (unpaired) electrons. The topological polar surface area (TPSA) is 41.6 Å². The Balaban J connectivity index is 2.01.